The van der Waals surface area contributed by atoms with Gasteiger partial charge < -0.3 is 4.90 Å². The molecule has 0 unspecified atom stereocenters. The summed E-state index contributed by atoms with van der Waals surface area (Å²) in [6.45, 7) is 1.68. The van der Waals surface area contributed by atoms with Crippen LogP contribution in [0.3, 0.4) is 0 Å². The van der Waals surface area contributed by atoms with Gasteiger partial charge in [0.25, 0.3) is 11.6 Å². The van der Waals surface area contributed by atoms with Crippen molar-refractivity contribution in [3.8, 4) is 0 Å². The molecule has 1 amide bonds. The lowest BCUT2D eigenvalue weighted by Crippen LogP contribution is -2.21. The molecule has 2 aromatic carbocycles. The molecular formula is C19H17FN4O3. The van der Waals surface area contributed by atoms with E-state index >= 15 is 0 Å². The van der Waals surface area contributed by atoms with Crippen LogP contribution in [0.15, 0.2) is 53.1 Å². The molecule has 0 atom stereocenters. The van der Waals surface area contributed by atoms with Gasteiger partial charge in [0.1, 0.15) is 11.5 Å². The normalized spacial score (nSPS) is 15.3. The van der Waals surface area contributed by atoms with Gasteiger partial charge in [0.2, 0.25) is 0 Å². The van der Waals surface area contributed by atoms with Crippen LogP contribution < -0.4 is 9.91 Å². The molecule has 0 saturated heterocycles. The minimum absolute atomic E-state index is 0.0511. The molecule has 27 heavy (non-hydrogen) atoms. The molecule has 0 spiro atoms. The number of anilines is 2. The van der Waals surface area contributed by atoms with Crippen LogP contribution >= 0.6 is 0 Å². The van der Waals surface area contributed by atoms with Crippen molar-refractivity contribution < 1.29 is 14.1 Å². The van der Waals surface area contributed by atoms with Gasteiger partial charge in [-0.15, -0.1) is 0 Å². The largest absolute Gasteiger partial charge is 0.372 e. The Balaban J connectivity index is 1.97. The second kappa shape index (κ2) is 6.99. The Morgan fingerprint density at radius 2 is 1.85 bits per heavy atom. The first-order valence-electron chi connectivity index (χ1n) is 8.11. The molecule has 0 radical (unpaired) electrons. The Labute approximate surface area is 155 Å². The molecule has 0 N–H and O–H groups in total. The number of nitro groups is 1. The zero-order valence-electron chi connectivity index (χ0n) is 15.0. The van der Waals surface area contributed by atoms with Crippen LogP contribution in [0.25, 0.3) is 6.08 Å². The third kappa shape index (κ3) is 3.55. The van der Waals surface area contributed by atoms with E-state index in [1.165, 1.54) is 35.3 Å². The highest BCUT2D eigenvalue weighted by Gasteiger charge is 2.29. The molecule has 1 heterocycles. The van der Waals surface area contributed by atoms with E-state index in [1.807, 2.05) is 0 Å². The Hall–Kier alpha value is -3.55. The highest BCUT2D eigenvalue weighted by atomic mass is 19.1. The quantitative estimate of drug-likeness (QED) is 0.469. The Morgan fingerprint density at radius 3 is 2.44 bits per heavy atom. The SMILES string of the molecule is CC1=NN(c2ccc(F)cc2)C(=O)C1=Cc1ccc(N(C)C)c([N+](=O)[O-])c1. The molecule has 0 aliphatic carbocycles. The summed E-state index contributed by atoms with van der Waals surface area (Å²) in [5, 5.41) is 16.7. The van der Waals surface area contributed by atoms with Gasteiger partial charge in [0.05, 0.1) is 21.9 Å². The maximum absolute atomic E-state index is 13.1. The maximum atomic E-state index is 13.1. The van der Waals surface area contributed by atoms with E-state index in [0.29, 0.717) is 28.2 Å². The average Bonchev–Trinajstić information content (AvgIpc) is 2.90. The molecule has 3 rings (SSSR count). The smallest absolute Gasteiger partial charge is 0.293 e. The lowest BCUT2D eigenvalue weighted by atomic mass is 10.1. The number of nitro benzene ring substituents is 1. The van der Waals surface area contributed by atoms with Gasteiger partial charge in [-0.1, -0.05) is 6.07 Å². The van der Waals surface area contributed by atoms with Crippen LogP contribution in [0.1, 0.15) is 12.5 Å². The van der Waals surface area contributed by atoms with Gasteiger partial charge >= 0.3 is 0 Å². The second-order valence-electron chi connectivity index (χ2n) is 6.24. The van der Waals surface area contributed by atoms with Gasteiger partial charge in [0.15, 0.2) is 0 Å². The number of hydrogen-bond donors (Lipinski definition) is 0. The first-order valence-corrected chi connectivity index (χ1v) is 8.11. The number of amides is 1. The number of halogens is 1. The van der Waals surface area contributed by atoms with Crippen molar-refractivity contribution >= 4 is 34.8 Å². The zero-order valence-corrected chi connectivity index (χ0v) is 15.0. The van der Waals surface area contributed by atoms with Crippen molar-refractivity contribution in [1.29, 1.82) is 0 Å². The molecule has 1 aliphatic heterocycles. The van der Waals surface area contributed by atoms with Gasteiger partial charge in [-0.3, -0.25) is 14.9 Å². The fourth-order valence-electron chi connectivity index (χ4n) is 2.76. The summed E-state index contributed by atoms with van der Waals surface area (Å²) >= 11 is 0. The summed E-state index contributed by atoms with van der Waals surface area (Å²) in [6.07, 6.45) is 1.57. The minimum atomic E-state index is -0.459. The summed E-state index contributed by atoms with van der Waals surface area (Å²) < 4.78 is 13.1. The van der Waals surface area contributed by atoms with E-state index in [2.05, 4.69) is 5.10 Å². The zero-order chi connectivity index (χ0) is 19.7. The number of rotatable bonds is 4. The van der Waals surface area contributed by atoms with Gasteiger partial charge in [-0.2, -0.15) is 10.1 Å². The predicted molar refractivity (Wildman–Crippen MR) is 102 cm³/mol. The number of nitrogens with zero attached hydrogens (tertiary/aromatic N) is 4. The molecule has 7 nitrogen and oxygen atoms in total. The van der Waals surface area contributed by atoms with Crippen LogP contribution in [0.2, 0.25) is 0 Å². The third-order valence-corrected chi connectivity index (χ3v) is 4.12. The van der Waals surface area contributed by atoms with Gasteiger partial charge in [0, 0.05) is 20.2 Å². The van der Waals surface area contributed by atoms with Crippen LogP contribution in [0.5, 0.6) is 0 Å². The monoisotopic (exact) mass is 368 g/mol. The molecule has 0 fully saturated rings. The second-order valence-corrected chi connectivity index (χ2v) is 6.24. The summed E-state index contributed by atoms with van der Waals surface area (Å²) in [5.41, 5.74) is 2.18. The standard InChI is InChI=1S/C19H17FN4O3/c1-12-16(19(25)23(21-12)15-7-5-14(20)6-8-15)10-13-4-9-17(22(2)3)18(11-13)24(26)27/h4-11H,1-3H3. The summed E-state index contributed by atoms with van der Waals surface area (Å²) in [7, 11) is 3.44. The van der Waals surface area contributed by atoms with Crippen LogP contribution in [-0.4, -0.2) is 30.6 Å². The number of benzene rings is 2. The van der Waals surface area contributed by atoms with Crippen LogP contribution in [0.4, 0.5) is 21.5 Å². The lowest BCUT2D eigenvalue weighted by molar-refractivity contribution is -0.384. The van der Waals surface area contributed by atoms with E-state index in [-0.39, 0.29) is 11.6 Å². The molecule has 1 aliphatic rings. The molecular weight excluding hydrogens is 351 g/mol. The number of hydrazone groups is 1. The molecule has 8 heteroatoms. The summed E-state index contributed by atoms with van der Waals surface area (Å²) in [6, 6.07) is 10.2. The third-order valence-electron chi connectivity index (χ3n) is 4.12. The van der Waals surface area contributed by atoms with Crippen molar-refractivity contribution in [3.63, 3.8) is 0 Å². The van der Waals surface area contributed by atoms with Crippen molar-refractivity contribution in [2.45, 2.75) is 6.92 Å². The van der Waals surface area contributed by atoms with Crippen LogP contribution in [-0.2, 0) is 4.79 Å². The Bertz CT molecular complexity index is 981. The molecule has 138 valence electrons. The van der Waals surface area contributed by atoms with Crippen molar-refractivity contribution in [2.24, 2.45) is 5.10 Å². The van der Waals surface area contributed by atoms with Gasteiger partial charge in [-0.05, 0) is 48.9 Å². The first kappa shape index (κ1) is 18.2. The van der Waals surface area contributed by atoms with Crippen LogP contribution in [0, 0.1) is 15.9 Å². The molecule has 0 bridgehead atoms. The summed E-state index contributed by atoms with van der Waals surface area (Å²) in [5.74, 6) is -0.784. The number of carbonyl (C=O) groups is 1. The fraction of sp³-hybridized carbons (Fsp3) is 0.158. The Kier molecular flexibility index (Phi) is 4.72. The maximum Gasteiger partial charge on any atom is 0.293 e. The predicted octanol–water partition coefficient (Wildman–Crippen LogP) is 3.61. The number of carbonyl (C=O) groups excluding carboxylic acids is 1. The lowest BCUT2D eigenvalue weighted by Gasteiger charge is -2.13. The highest BCUT2D eigenvalue weighted by molar-refractivity contribution is 6.32. The molecule has 0 aromatic heterocycles. The van der Waals surface area contributed by atoms with E-state index in [1.54, 1.807) is 44.1 Å². The number of hydrogen-bond acceptors (Lipinski definition) is 5. The highest BCUT2D eigenvalue weighted by Crippen LogP contribution is 2.30. The van der Waals surface area contributed by atoms with E-state index < -0.39 is 10.7 Å². The molecule has 2 aromatic rings. The van der Waals surface area contributed by atoms with Crippen molar-refractivity contribution in [3.05, 3.63) is 69.5 Å². The van der Waals surface area contributed by atoms with E-state index in [0.717, 1.165) is 0 Å². The van der Waals surface area contributed by atoms with E-state index in [9.17, 15) is 19.3 Å². The van der Waals surface area contributed by atoms with E-state index in [4.69, 9.17) is 0 Å². The molecule has 0 saturated carbocycles. The van der Waals surface area contributed by atoms with Crippen molar-refractivity contribution in [1.82, 2.24) is 0 Å². The topological polar surface area (TPSA) is 79.0 Å². The first-order chi connectivity index (χ1) is 12.8. The Morgan fingerprint density at radius 1 is 1.19 bits per heavy atom. The van der Waals surface area contributed by atoms with Gasteiger partial charge in [-0.25, -0.2) is 4.39 Å². The fourth-order valence-corrected chi connectivity index (χ4v) is 2.76. The summed E-state index contributed by atoms with van der Waals surface area (Å²) in [4.78, 5) is 25.2. The minimum Gasteiger partial charge on any atom is -0.372 e. The van der Waals surface area contributed by atoms with Crippen molar-refractivity contribution in [2.75, 3.05) is 24.0 Å². The average molecular weight is 368 g/mol.